The van der Waals surface area contributed by atoms with E-state index in [1.807, 2.05) is 0 Å². The lowest BCUT2D eigenvalue weighted by Crippen LogP contribution is -2.43. The van der Waals surface area contributed by atoms with Crippen LogP contribution in [-0.4, -0.2) is 50.4 Å². The Labute approximate surface area is 169 Å². The molecule has 2 atom stereocenters. The Bertz CT molecular complexity index is 1070. The van der Waals surface area contributed by atoms with Gasteiger partial charge in [-0.25, -0.2) is 4.39 Å². The number of carbonyl (C=O) groups excluding carboxylic acids is 1. The molecule has 1 fully saturated rings. The van der Waals surface area contributed by atoms with Crippen LogP contribution in [-0.2, 0) is 4.79 Å². The maximum Gasteiger partial charge on any atom is 0.245 e. The Balaban J connectivity index is 1.74. The fraction of sp³-hybridized carbons (Fsp3) is 0.250. The predicted molar refractivity (Wildman–Crippen MR) is 108 cm³/mol. The Hall–Kier alpha value is -2.74. The van der Waals surface area contributed by atoms with Crippen LogP contribution < -0.4 is 0 Å². The minimum atomic E-state index is -1.08. The van der Waals surface area contributed by atoms with E-state index in [1.165, 1.54) is 6.08 Å². The molecule has 2 aromatic heterocycles. The third-order valence-electron chi connectivity index (χ3n) is 5.09. The number of phenolic OH excluding ortho intramolecular Hbond substituents is 1. The molecular formula is C20H18BrFN4O2. The van der Waals surface area contributed by atoms with E-state index in [2.05, 4.69) is 37.7 Å². The fourth-order valence-corrected chi connectivity index (χ4v) is 4.28. The van der Waals surface area contributed by atoms with Crippen molar-refractivity contribution >= 4 is 32.9 Å². The first-order valence-electron chi connectivity index (χ1n) is 8.88. The number of H-pyrrole nitrogens is 1. The van der Waals surface area contributed by atoms with Crippen LogP contribution in [0.5, 0.6) is 5.75 Å². The van der Waals surface area contributed by atoms with Crippen LogP contribution in [0.1, 0.15) is 18.0 Å². The predicted octanol–water partition coefficient (Wildman–Crippen LogP) is 3.93. The van der Waals surface area contributed by atoms with E-state index in [1.54, 1.807) is 35.2 Å². The van der Waals surface area contributed by atoms with Crippen molar-refractivity contribution in [1.29, 1.82) is 0 Å². The summed E-state index contributed by atoms with van der Waals surface area (Å²) in [5, 5.41) is 19.2. The zero-order valence-corrected chi connectivity index (χ0v) is 16.5. The van der Waals surface area contributed by atoms with E-state index in [4.69, 9.17) is 0 Å². The number of para-hydroxylation sites is 1. The number of rotatable bonds is 3. The number of alkyl halides is 1. The molecule has 0 bridgehead atoms. The minimum Gasteiger partial charge on any atom is -0.507 e. The molecule has 0 aliphatic carbocycles. The molecule has 2 N–H and O–H groups in total. The highest BCUT2D eigenvalue weighted by molar-refractivity contribution is 9.10. The zero-order chi connectivity index (χ0) is 19.8. The average Bonchev–Trinajstić information content (AvgIpc) is 3.04. The molecule has 1 aromatic carbocycles. The van der Waals surface area contributed by atoms with Crippen molar-refractivity contribution in [2.45, 2.75) is 18.5 Å². The topological polar surface area (TPSA) is 82.1 Å². The van der Waals surface area contributed by atoms with Gasteiger partial charge < -0.3 is 15.0 Å². The van der Waals surface area contributed by atoms with E-state index in [0.717, 1.165) is 5.39 Å². The highest BCUT2D eigenvalue weighted by atomic mass is 79.9. The molecule has 4 rings (SSSR count). The van der Waals surface area contributed by atoms with Gasteiger partial charge in [0.2, 0.25) is 5.91 Å². The minimum absolute atomic E-state index is 0.109. The van der Waals surface area contributed by atoms with Gasteiger partial charge in [0.1, 0.15) is 11.9 Å². The number of phenols is 1. The third-order valence-corrected chi connectivity index (χ3v) is 5.94. The van der Waals surface area contributed by atoms with Gasteiger partial charge in [-0.1, -0.05) is 18.7 Å². The molecule has 0 saturated carbocycles. The second kappa shape index (κ2) is 7.35. The molecule has 0 radical (unpaired) electrons. The molecule has 0 spiro atoms. The molecule has 28 heavy (non-hydrogen) atoms. The van der Waals surface area contributed by atoms with Crippen LogP contribution in [0.4, 0.5) is 4.39 Å². The van der Waals surface area contributed by atoms with Crippen LogP contribution >= 0.6 is 15.9 Å². The van der Waals surface area contributed by atoms with Gasteiger partial charge in [0.05, 0.1) is 5.69 Å². The summed E-state index contributed by atoms with van der Waals surface area (Å²) in [6, 6.07) is 8.67. The number of nitrogens with zero attached hydrogens (tertiary/aromatic N) is 3. The number of benzene rings is 1. The van der Waals surface area contributed by atoms with Crippen LogP contribution in [0.25, 0.3) is 22.3 Å². The largest absolute Gasteiger partial charge is 0.507 e. The van der Waals surface area contributed by atoms with E-state index in [0.29, 0.717) is 33.6 Å². The van der Waals surface area contributed by atoms with Crippen LogP contribution in [0.15, 0.2) is 47.5 Å². The Morgan fingerprint density at radius 3 is 2.93 bits per heavy atom. The van der Waals surface area contributed by atoms with Gasteiger partial charge in [0, 0.05) is 40.1 Å². The van der Waals surface area contributed by atoms with Crippen LogP contribution in [0.3, 0.4) is 0 Å². The summed E-state index contributed by atoms with van der Waals surface area (Å²) in [5.41, 5.74) is 2.24. The first-order valence-corrected chi connectivity index (χ1v) is 9.67. The van der Waals surface area contributed by atoms with Gasteiger partial charge in [0.15, 0.2) is 5.65 Å². The normalized spacial score (nSPS) is 19.7. The summed E-state index contributed by atoms with van der Waals surface area (Å²) >= 11 is 3.56. The van der Waals surface area contributed by atoms with Gasteiger partial charge in [0.25, 0.3) is 0 Å². The van der Waals surface area contributed by atoms with Gasteiger partial charge in [-0.2, -0.15) is 0 Å². The SMILES string of the molecule is C=CC(=O)N1CC[C@@H](F)[C@@H](c2[nH]c3nnc(-c4ccccc4O)cc3c2Br)C1. The van der Waals surface area contributed by atoms with Crippen molar-refractivity contribution in [3.05, 3.63) is 53.2 Å². The number of carbonyl (C=O) groups is 1. The van der Waals surface area contributed by atoms with Crippen molar-refractivity contribution in [2.75, 3.05) is 13.1 Å². The molecule has 3 aromatic rings. The molecule has 1 aliphatic rings. The lowest BCUT2D eigenvalue weighted by molar-refractivity contribution is -0.127. The van der Waals surface area contributed by atoms with Gasteiger partial charge in [-0.05, 0) is 46.6 Å². The van der Waals surface area contributed by atoms with E-state index < -0.39 is 12.1 Å². The fourth-order valence-electron chi connectivity index (χ4n) is 3.58. The zero-order valence-electron chi connectivity index (χ0n) is 14.9. The summed E-state index contributed by atoms with van der Waals surface area (Å²) in [7, 11) is 0. The molecule has 1 aliphatic heterocycles. The second-order valence-corrected chi connectivity index (χ2v) is 7.55. The standard InChI is InChI=1S/C20H18BrFN4O2/c1-2-17(28)26-8-7-14(22)13(10-26)19-18(21)12-9-15(24-25-20(12)23-19)11-5-3-4-6-16(11)27/h2-6,9,13-14,27H,1,7-8,10H2,(H,23,25)/t13-,14+/m0/s1. The van der Waals surface area contributed by atoms with Crippen molar-refractivity contribution in [3.8, 4) is 17.0 Å². The van der Waals surface area contributed by atoms with Crippen molar-refractivity contribution < 1.29 is 14.3 Å². The van der Waals surface area contributed by atoms with Crippen LogP contribution in [0, 0.1) is 0 Å². The highest BCUT2D eigenvalue weighted by Crippen LogP contribution is 2.38. The highest BCUT2D eigenvalue weighted by Gasteiger charge is 2.34. The number of aromatic amines is 1. The van der Waals surface area contributed by atoms with Crippen molar-refractivity contribution in [3.63, 3.8) is 0 Å². The third kappa shape index (κ3) is 3.17. The van der Waals surface area contributed by atoms with Crippen LogP contribution in [0.2, 0.25) is 0 Å². The maximum absolute atomic E-state index is 14.7. The maximum atomic E-state index is 14.7. The van der Waals surface area contributed by atoms with Crippen molar-refractivity contribution in [1.82, 2.24) is 20.1 Å². The molecule has 6 nitrogen and oxygen atoms in total. The summed E-state index contributed by atoms with van der Waals surface area (Å²) in [6.45, 7) is 4.14. The number of hydrogen-bond acceptors (Lipinski definition) is 4. The number of likely N-dealkylation sites (tertiary alicyclic amines) is 1. The smallest absolute Gasteiger partial charge is 0.245 e. The molecule has 3 heterocycles. The first kappa shape index (κ1) is 18.6. The summed E-state index contributed by atoms with van der Waals surface area (Å²) < 4.78 is 15.4. The molecular weight excluding hydrogens is 427 g/mol. The lowest BCUT2D eigenvalue weighted by atomic mass is 9.92. The quantitative estimate of drug-likeness (QED) is 0.599. The number of hydrogen-bond donors (Lipinski definition) is 2. The number of nitrogens with one attached hydrogen (secondary N) is 1. The van der Waals surface area contributed by atoms with Gasteiger partial charge in [-0.15, -0.1) is 10.2 Å². The summed E-state index contributed by atoms with van der Waals surface area (Å²) in [5.74, 6) is -0.599. The Morgan fingerprint density at radius 2 is 2.18 bits per heavy atom. The summed E-state index contributed by atoms with van der Waals surface area (Å²) in [4.78, 5) is 16.7. The summed E-state index contributed by atoms with van der Waals surface area (Å²) in [6.07, 6.45) is 0.435. The molecule has 144 valence electrons. The molecule has 8 heteroatoms. The number of amides is 1. The number of fused-ring (bicyclic) bond motifs is 1. The second-order valence-electron chi connectivity index (χ2n) is 6.76. The number of halogens is 2. The van der Waals surface area contributed by atoms with E-state index >= 15 is 0 Å². The Kier molecular flexibility index (Phi) is 4.89. The van der Waals surface area contributed by atoms with E-state index in [9.17, 15) is 14.3 Å². The monoisotopic (exact) mass is 444 g/mol. The number of aromatic nitrogens is 3. The lowest BCUT2D eigenvalue weighted by Gasteiger charge is -2.34. The van der Waals surface area contributed by atoms with Crippen molar-refractivity contribution in [2.24, 2.45) is 0 Å². The average molecular weight is 445 g/mol. The van der Waals surface area contributed by atoms with Gasteiger partial charge >= 0.3 is 0 Å². The molecule has 0 unspecified atom stereocenters. The number of piperidine rings is 1. The van der Waals surface area contributed by atoms with Gasteiger partial charge in [-0.3, -0.25) is 4.79 Å². The Morgan fingerprint density at radius 1 is 1.39 bits per heavy atom. The molecule has 1 saturated heterocycles. The first-order chi connectivity index (χ1) is 13.5. The van der Waals surface area contributed by atoms with E-state index in [-0.39, 0.29) is 24.6 Å². The number of aromatic hydroxyl groups is 1. The molecule has 1 amide bonds.